The first-order valence-corrected chi connectivity index (χ1v) is 8.82. The third kappa shape index (κ3) is 2.16. The summed E-state index contributed by atoms with van der Waals surface area (Å²) in [4.78, 5) is 11.4. The van der Waals surface area contributed by atoms with Crippen molar-refractivity contribution in [2.75, 3.05) is 5.75 Å². The van der Waals surface area contributed by atoms with Crippen LogP contribution >= 0.6 is 0 Å². The van der Waals surface area contributed by atoms with Crippen molar-refractivity contribution in [1.82, 2.24) is 0 Å². The summed E-state index contributed by atoms with van der Waals surface area (Å²) in [5.41, 5.74) is 0. The van der Waals surface area contributed by atoms with E-state index < -0.39 is 49.4 Å². The molecule has 5 atom stereocenters. The van der Waals surface area contributed by atoms with Crippen LogP contribution in [0.5, 0.6) is 0 Å². The highest BCUT2D eigenvalue weighted by Crippen LogP contribution is 2.55. The fourth-order valence-corrected chi connectivity index (χ4v) is 5.63. The molecule has 0 amide bonds. The molecule has 1 aliphatic heterocycles. The second kappa shape index (κ2) is 3.90. The molecule has 3 fully saturated rings. The molecule has 108 valence electrons. The minimum atomic E-state index is -4.45. The molecule has 4 unspecified atom stereocenters. The van der Waals surface area contributed by atoms with E-state index in [0.717, 1.165) is 0 Å². The van der Waals surface area contributed by atoms with Crippen LogP contribution in [0.4, 0.5) is 0 Å². The van der Waals surface area contributed by atoms with Gasteiger partial charge in [0.15, 0.2) is 5.75 Å². The Balaban J connectivity index is 1.74. The van der Waals surface area contributed by atoms with Gasteiger partial charge in [-0.2, -0.15) is 16.8 Å². The first-order chi connectivity index (χ1) is 8.67. The molecule has 1 heterocycles. The lowest BCUT2D eigenvalue weighted by Gasteiger charge is -2.24. The molecular formula is C9H12O8S2. The summed E-state index contributed by atoms with van der Waals surface area (Å²) < 4.78 is 62.9. The Morgan fingerprint density at radius 2 is 2.05 bits per heavy atom. The lowest BCUT2D eigenvalue weighted by Crippen LogP contribution is -2.38. The minimum absolute atomic E-state index is 0.123. The number of hydrogen-bond acceptors (Lipinski definition) is 7. The topological polar surface area (TPSA) is 124 Å². The first-order valence-electron chi connectivity index (χ1n) is 5.74. The van der Waals surface area contributed by atoms with E-state index in [9.17, 15) is 21.6 Å². The molecular weight excluding hydrogens is 300 g/mol. The van der Waals surface area contributed by atoms with E-state index in [1.807, 2.05) is 0 Å². The van der Waals surface area contributed by atoms with Crippen molar-refractivity contribution >= 4 is 26.2 Å². The summed E-state index contributed by atoms with van der Waals surface area (Å²) in [6.45, 7) is 0. The van der Waals surface area contributed by atoms with Crippen LogP contribution in [0.1, 0.15) is 12.8 Å². The maximum Gasteiger partial charge on any atom is 0.324 e. The standard InChI is InChI=1S/C9H12O8S2/c10-7(3-18(11,12)13)16-8-4-1-5-6(2-4)19(14,15)17-9(5)8/h4-6,8-9H,1-3H2,(H,11,12,13)/t4?,5?,6-,8?,9?/m0/s1. The molecule has 2 bridgehead atoms. The summed E-state index contributed by atoms with van der Waals surface area (Å²) in [6, 6.07) is 0. The maximum atomic E-state index is 11.6. The quantitative estimate of drug-likeness (QED) is 0.396. The monoisotopic (exact) mass is 312 g/mol. The van der Waals surface area contributed by atoms with Crippen LogP contribution in [0.25, 0.3) is 0 Å². The van der Waals surface area contributed by atoms with E-state index in [-0.39, 0.29) is 11.8 Å². The number of hydrogen-bond donors (Lipinski definition) is 1. The molecule has 0 radical (unpaired) electrons. The van der Waals surface area contributed by atoms with Crippen LogP contribution in [0.3, 0.4) is 0 Å². The van der Waals surface area contributed by atoms with Crippen molar-refractivity contribution < 1.29 is 35.1 Å². The van der Waals surface area contributed by atoms with Gasteiger partial charge in [-0.3, -0.25) is 13.5 Å². The lowest BCUT2D eigenvalue weighted by atomic mass is 9.94. The van der Waals surface area contributed by atoms with Gasteiger partial charge in [0.2, 0.25) is 0 Å². The molecule has 0 aromatic heterocycles. The van der Waals surface area contributed by atoms with E-state index >= 15 is 0 Å². The van der Waals surface area contributed by atoms with Crippen molar-refractivity contribution in [3.05, 3.63) is 0 Å². The largest absolute Gasteiger partial charge is 0.458 e. The lowest BCUT2D eigenvalue weighted by molar-refractivity contribution is -0.152. The molecule has 1 N–H and O–H groups in total. The van der Waals surface area contributed by atoms with Gasteiger partial charge in [0.1, 0.15) is 12.2 Å². The molecule has 8 nitrogen and oxygen atoms in total. The molecule has 0 spiro atoms. The van der Waals surface area contributed by atoms with Crippen LogP contribution < -0.4 is 0 Å². The Kier molecular flexibility index (Phi) is 2.73. The second-order valence-corrected chi connectivity index (χ2v) is 8.40. The molecule has 2 saturated carbocycles. The normalized spacial score (nSPS) is 42.5. The zero-order chi connectivity index (χ0) is 14.0. The number of carbonyl (C=O) groups is 1. The Labute approximate surface area is 109 Å². The summed E-state index contributed by atoms with van der Waals surface area (Å²) in [7, 11) is -8.04. The zero-order valence-corrected chi connectivity index (χ0v) is 11.3. The van der Waals surface area contributed by atoms with E-state index in [4.69, 9.17) is 13.5 Å². The first kappa shape index (κ1) is 13.3. The average molecular weight is 312 g/mol. The highest BCUT2D eigenvalue weighted by molar-refractivity contribution is 7.87. The van der Waals surface area contributed by atoms with Crippen molar-refractivity contribution in [3.63, 3.8) is 0 Å². The SMILES string of the molecule is O=C(CS(=O)(=O)O)OC1C2CC3C1OS(=O)(=O)[C@H]3C2. The molecule has 19 heavy (non-hydrogen) atoms. The van der Waals surface area contributed by atoms with Crippen molar-refractivity contribution in [1.29, 1.82) is 0 Å². The van der Waals surface area contributed by atoms with Gasteiger partial charge in [-0.05, 0) is 12.8 Å². The number of rotatable bonds is 3. The van der Waals surface area contributed by atoms with Gasteiger partial charge < -0.3 is 4.74 Å². The van der Waals surface area contributed by atoms with E-state index in [1.165, 1.54) is 0 Å². The Morgan fingerprint density at radius 1 is 1.37 bits per heavy atom. The van der Waals surface area contributed by atoms with Crippen molar-refractivity contribution in [3.8, 4) is 0 Å². The predicted molar refractivity (Wildman–Crippen MR) is 60.1 cm³/mol. The predicted octanol–water partition coefficient (Wildman–Crippen LogP) is -1.08. The van der Waals surface area contributed by atoms with Gasteiger partial charge >= 0.3 is 5.97 Å². The highest BCUT2D eigenvalue weighted by Gasteiger charge is 2.65. The maximum absolute atomic E-state index is 11.6. The van der Waals surface area contributed by atoms with Crippen LogP contribution in [0.15, 0.2) is 0 Å². The fourth-order valence-electron chi connectivity index (χ4n) is 3.38. The van der Waals surface area contributed by atoms with Crippen molar-refractivity contribution in [2.45, 2.75) is 30.3 Å². The van der Waals surface area contributed by atoms with E-state index in [0.29, 0.717) is 12.8 Å². The number of esters is 1. The highest BCUT2D eigenvalue weighted by atomic mass is 32.2. The fraction of sp³-hybridized carbons (Fsp3) is 0.889. The number of carbonyl (C=O) groups excluding carboxylic acids is 1. The van der Waals surface area contributed by atoms with Crippen molar-refractivity contribution in [2.24, 2.45) is 11.8 Å². The Bertz CT molecular complexity index is 621. The Hall–Kier alpha value is -0.710. The third-order valence-electron chi connectivity index (χ3n) is 3.98. The van der Waals surface area contributed by atoms with Crippen LogP contribution in [-0.4, -0.2) is 50.6 Å². The number of fused-ring (bicyclic) bond motifs is 1. The van der Waals surface area contributed by atoms with E-state index in [1.54, 1.807) is 0 Å². The third-order valence-corrected chi connectivity index (χ3v) is 6.36. The zero-order valence-electron chi connectivity index (χ0n) is 9.63. The van der Waals surface area contributed by atoms with Gasteiger partial charge in [0.25, 0.3) is 20.2 Å². The van der Waals surface area contributed by atoms with E-state index in [2.05, 4.69) is 0 Å². The summed E-state index contributed by atoms with van der Waals surface area (Å²) >= 11 is 0. The van der Waals surface area contributed by atoms with Gasteiger partial charge in [0, 0.05) is 11.8 Å². The molecule has 0 aromatic carbocycles. The second-order valence-electron chi connectivity index (χ2n) is 5.17. The van der Waals surface area contributed by atoms with Gasteiger partial charge in [-0.1, -0.05) is 0 Å². The number of ether oxygens (including phenoxy) is 1. The minimum Gasteiger partial charge on any atom is -0.458 e. The smallest absolute Gasteiger partial charge is 0.324 e. The van der Waals surface area contributed by atoms with Gasteiger partial charge in [-0.25, -0.2) is 0 Å². The molecule has 1 saturated heterocycles. The summed E-state index contributed by atoms with van der Waals surface area (Å²) in [5, 5.41) is -0.529. The molecule has 3 aliphatic rings. The van der Waals surface area contributed by atoms with Crippen LogP contribution in [0.2, 0.25) is 0 Å². The molecule has 3 rings (SSSR count). The van der Waals surface area contributed by atoms with Crippen LogP contribution in [0, 0.1) is 11.8 Å². The Morgan fingerprint density at radius 3 is 2.68 bits per heavy atom. The summed E-state index contributed by atoms with van der Waals surface area (Å²) in [6.07, 6.45) is -0.488. The van der Waals surface area contributed by atoms with Gasteiger partial charge in [-0.15, -0.1) is 0 Å². The van der Waals surface area contributed by atoms with Crippen LogP contribution in [-0.2, 0) is 34.0 Å². The average Bonchev–Trinajstić information content (AvgIpc) is 2.78. The molecule has 2 aliphatic carbocycles. The molecule has 10 heteroatoms. The van der Waals surface area contributed by atoms with Gasteiger partial charge in [0.05, 0.1) is 5.25 Å². The molecule has 0 aromatic rings. The summed E-state index contributed by atoms with van der Waals surface area (Å²) in [5.74, 6) is -2.53.